The second kappa shape index (κ2) is 5.80. The Kier molecular flexibility index (Phi) is 4.03. The molecule has 1 aromatic carbocycles. The summed E-state index contributed by atoms with van der Waals surface area (Å²) >= 11 is 0. The summed E-state index contributed by atoms with van der Waals surface area (Å²) in [4.78, 5) is 14.7. The van der Waals surface area contributed by atoms with E-state index >= 15 is 0 Å². The Morgan fingerprint density at radius 3 is 2.81 bits per heavy atom. The quantitative estimate of drug-likeness (QED) is 0.908. The predicted molar refractivity (Wildman–Crippen MR) is 83.0 cm³/mol. The number of benzene rings is 1. The van der Waals surface area contributed by atoms with Gasteiger partial charge in [0.1, 0.15) is 0 Å². The molecule has 0 radical (unpaired) electrons. The molecule has 0 bridgehead atoms. The van der Waals surface area contributed by atoms with Gasteiger partial charge in [0.15, 0.2) is 0 Å². The third-order valence-electron chi connectivity index (χ3n) is 5.41. The van der Waals surface area contributed by atoms with E-state index in [1.54, 1.807) is 0 Å². The largest absolute Gasteiger partial charge is 0.389 e. The van der Waals surface area contributed by atoms with Gasteiger partial charge in [-0.15, -0.1) is 0 Å². The van der Waals surface area contributed by atoms with Crippen LogP contribution in [0.15, 0.2) is 30.3 Å². The molecule has 3 atom stereocenters. The van der Waals surface area contributed by atoms with Crippen molar-refractivity contribution < 1.29 is 9.90 Å². The molecule has 3 nitrogen and oxygen atoms in total. The summed E-state index contributed by atoms with van der Waals surface area (Å²) in [5.74, 6) is 0.377. The Morgan fingerprint density at radius 1 is 1.29 bits per heavy atom. The summed E-state index contributed by atoms with van der Waals surface area (Å²) in [5, 5.41) is 10.7. The lowest BCUT2D eigenvalue weighted by Gasteiger charge is -2.47. The lowest BCUT2D eigenvalue weighted by atomic mass is 9.71. The third kappa shape index (κ3) is 2.84. The SMILES string of the molecule is CC(C(=O)N1CCC2(O)CCCCC2C1)c1ccccc1. The highest BCUT2D eigenvalue weighted by molar-refractivity contribution is 5.83. The van der Waals surface area contributed by atoms with Crippen LogP contribution in [-0.4, -0.2) is 34.6 Å². The standard InChI is InChI=1S/C18H25NO2/c1-14(15-7-3-2-4-8-15)17(20)19-12-11-18(21)10-6-5-9-16(18)13-19/h2-4,7-8,14,16,21H,5-6,9-13H2,1H3. The van der Waals surface area contributed by atoms with E-state index in [1.807, 2.05) is 42.2 Å². The molecule has 21 heavy (non-hydrogen) atoms. The molecule has 1 aliphatic carbocycles. The Morgan fingerprint density at radius 2 is 2.05 bits per heavy atom. The summed E-state index contributed by atoms with van der Waals surface area (Å²) in [6, 6.07) is 9.97. The molecule has 1 N–H and O–H groups in total. The number of hydrogen-bond donors (Lipinski definition) is 1. The minimum absolute atomic E-state index is 0.0963. The third-order valence-corrected chi connectivity index (χ3v) is 5.41. The van der Waals surface area contributed by atoms with E-state index in [1.165, 1.54) is 6.42 Å². The molecule has 114 valence electrons. The van der Waals surface area contributed by atoms with Crippen molar-refractivity contribution >= 4 is 5.91 Å². The van der Waals surface area contributed by atoms with Crippen molar-refractivity contribution in [3.8, 4) is 0 Å². The summed E-state index contributed by atoms with van der Waals surface area (Å²) in [7, 11) is 0. The van der Waals surface area contributed by atoms with Crippen LogP contribution in [0.5, 0.6) is 0 Å². The van der Waals surface area contributed by atoms with Crippen LogP contribution in [0.3, 0.4) is 0 Å². The Balaban J connectivity index is 1.69. The smallest absolute Gasteiger partial charge is 0.229 e. The zero-order valence-corrected chi connectivity index (χ0v) is 12.8. The second-order valence-electron chi connectivity index (χ2n) is 6.71. The number of amides is 1. The van der Waals surface area contributed by atoms with E-state index in [0.717, 1.165) is 37.8 Å². The first-order chi connectivity index (χ1) is 10.1. The van der Waals surface area contributed by atoms with Gasteiger partial charge in [0, 0.05) is 19.0 Å². The summed E-state index contributed by atoms with van der Waals surface area (Å²) in [6.45, 7) is 3.41. The first kappa shape index (κ1) is 14.6. The minimum atomic E-state index is -0.509. The number of nitrogens with zero attached hydrogens (tertiary/aromatic N) is 1. The van der Waals surface area contributed by atoms with Crippen LogP contribution >= 0.6 is 0 Å². The van der Waals surface area contributed by atoms with Crippen molar-refractivity contribution in [2.24, 2.45) is 5.92 Å². The number of carbonyl (C=O) groups is 1. The van der Waals surface area contributed by atoms with E-state index < -0.39 is 5.60 Å². The molecule has 0 spiro atoms. The van der Waals surface area contributed by atoms with Crippen LogP contribution in [0.2, 0.25) is 0 Å². The van der Waals surface area contributed by atoms with Crippen molar-refractivity contribution in [1.29, 1.82) is 0 Å². The van der Waals surface area contributed by atoms with Gasteiger partial charge in [0.25, 0.3) is 0 Å². The maximum absolute atomic E-state index is 12.7. The average Bonchev–Trinajstić information content (AvgIpc) is 2.53. The van der Waals surface area contributed by atoms with Gasteiger partial charge in [-0.2, -0.15) is 0 Å². The summed E-state index contributed by atoms with van der Waals surface area (Å²) < 4.78 is 0. The average molecular weight is 287 g/mol. The fourth-order valence-corrected chi connectivity index (χ4v) is 3.93. The highest BCUT2D eigenvalue weighted by Crippen LogP contribution is 2.40. The van der Waals surface area contributed by atoms with Crippen LogP contribution in [-0.2, 0) is 4.79 Å². The van der Waals surface area contributed by atoms with Gasteiger partial charge in [0.2, 0.25) is 5.91 Å². The molecule has 2 fully saturated rings. The topological polar surface area (TPSA) is 40.5 Å². The summed E-state index contributed by atoms with van der Waals surface area (Å²) in [6.07, 6.45) is 5.02. The van der Waals surface area contributed by atoms with Gasteiger partial charge in [0.05, 0.1) is 11.5 Å². The van der Waals surface area contributed by atoms with E-state index in [-0.39, 0.29) is 17.7 Å². The van der Waals surface area contributed by atoms with E-state index in [2.05, 4.69) is 0 Å². The molecule has 3 heteroatoms. The van der Waals surface area contributed by atoms with Crippen LogP contribution in [0, 0.1) is 5.92 Å². The highest BCUT2D eigenvalue weighted by Gasteiger charge is 2.44. The van der Waals surface area contributed by atoms with Crippen molar-refractivity contribution in [3.05, 3.63) is 35.9 Å². The number of likely N-dealkylation sites (tertiary alicyclic amines) is 1. The van der Waals surface area contributed by atoms with Crippen LogP contribution in [0.25, 0.3) is 0 Å². The predicted octanol–water partition coefficient (Wildman–Crippen LogP) is 2.94. The molecule has 2 aliphatic rings. The van der Waals surface area contributed by atoms with E-state index in [4.69, 9.17) is 0 Å². The lowest BCUT2D eigenvalue weighted by molar-refractivity contribution is -0.144. The van der Waals surface area contributed by atoms with Crippen molar-refractivity contribution in [2.75, 3.05) is 13.1 Å². The van der Waals surface area contributed by atoms with E-state index in [0.29, 0.717) is 6.54 Å². The number of aliphatic hydroxyl groups is 1. The molecule has 1 saturated heterocycles. The van der Waals surface area contributed by atoms with Gasteiger partial charge < -0.3 is 10.0 Å². The molecule has 0 aromatic heterocycles. The lowest BCUT2D eigenvalue weighted by Crippen LogP contribution is -2.55. The van der Waals surface area contributed by atoms with Gasteiger partial charge in [-0.1, -0.05) is 43.2 Å². The van der Waals surface area contributed by atoms with Gasteiger partial charge in [-0.25, -0.2) is 0 Å². The van der Waals surface area contributed by atoms with Gasteiger partial charge in [-0.3, -0.25) is 4.79 Å². The first-order valence-corrected chi connectivity index (χ1v) is 8.16. The molecule has 1 heterocycles. The Bertz CT molecular complexity index is 501. The molecule has 1 aromatic rings. The maximum atomic E-state index is 12.7. The fraction of sp³-hybridized carbons (Fsp3) is 0.611. The van der Waals surface area contributed by atoms with Gasteiger partial charge >= 0.3 is 0 Å². The minimum Gasteiger partial charge on any atom is -0.389 e. The van der Waals surface area contributed by atoms with Crippen LogP contribution < -0.4 is 0 Å². The zero-order chi connectivity index (χ0) is 14.9. The number of piperidine rings is 1. The number of fused-ring (bicyclic) bond motifs is 1. The van der Waals surface area contributed by atoms with Crippen molar-refractivity contribution in [2.45, 2.75) is 50.5 Å². The monoisotopic (exact) mass is 287 g/mol. The number of rotatable bonds is 2. The molecule has 1 saturated carbocycles. The Labute approximate surface area is 127 Å². The van der Waals surface area contributed by atoms with Crippen molar-refractivity contribution in [3.63, 3.8) is 0 Å². The molecule has 1 aliphatic heterocycles. The fourth-order valence-electron chi connectivity index (χ4n) is 3.93. The number of carbonyl (C=O) groups excluding carboxylic acids is 1. The maximum Gasteiger partial charge on any atom is 0.229 e. The van der Waals surface area contributed by atoms with Crippen LogP contribution in [0.4, 0.5) is 0 Å². The van der Waals surface area contributed by atoms with Crippen molar-refractivity contribution in [1.82, 2.24) is 4.90 Å². The molecular formula is C18H25NO2. The van der Waals surface area contributed by atoms with E-state index in [9.17, 15) is 9.90 Å². The molecule has 1 amide bonds. The Hall–Kier alpha value is -1.35. The molecule has 3 unspecified atom stereocenters. The summed E-state index contributed by atoms with van der Waals surface area (Å²) in [5.41, 5.74) is 0.567. The molecular weight excluding hydrogens is 262 g/mol. The second-order valence-corrected chi connectivity index (χ2v) is 6.71. The first-order valence-electron chi connectivity index (χ1n) is 8.16. The zero-order valence-electron chi connectivity index (χ0n) is 12.8. The van der Waals surface area contributed by atoms with Crippen LogP contribution in [0.1, 0.15) is 50.5 Å². The highest BCUT2D eigenvalue weighted by atomic mass is 16.3. The number of hydrogen-bond acceptors (Lipinski definition) is 2. The van der Waals surface area contributed by atoms with Gasteiger partial charge in [-0.05, 0) is 31.7 Å². The normalized spacial score (nSPS) is 30.6. The molecule has 3 rings (SSSR count).